The summed E-state index contributed by atoms with van der Waals surface area (Å²) in [5.74, 6) is 0. The van der Waals surface area contributed by atoms with Gasteiger partial charge in [0.05, 0.1) is 11.6 Å². The van der Waals surface area contributed by atoms with Gasteiger partial charge in [0.25, 0.3) is 0 Å². The number of benzene rings is 2. The number of para-hydroxylation sites is 1. The summed E-state index contributed by atoms with van der Waals surface area (Å²) in [5, 5.41) is 12.4. The number of rotatable bonds is 0. The molecule has 0 amide bonds. The van der Waals surface area contributed by atoms with Gasteiger partial charge in [0.2, 0.25) is 0 Å². The third-order valence-electron chi connectivity index (χ3n) is 3.19. The van der Waals surface area contributed by atoms with E-state index in [4.69, 9.17) is 5.26 Å². The molecule has 0 unspecified atom stereocenters. The lowest BCUT2D eigenvalue weighted by atomic mass is 10.0. The molecule has 1 aliphatic heterocycles. The molecule has 2 heteroatoms. The van der Waals surface area contributed by atoms with E-state index in [1.807, 2.05) is 24.3 Å². The zero-order valence-corrected chi connectivity index (χ0v) is 9.40. The largest absolute Gasteiger partial charge is 0.355 e. The maximum Gasteiger partial charge on any atom is 0.0992 e. The smallest absolute Gasteiger partial charge is 0.0992 e. The Labute approximate surface area is 101 Å². The maximum absolute atomic E-state index is 8.93. The Bertz CT molecular complexity index is 609. The Morgan fingerprint density at radius 2 is 1.71 bits per heavy atom. The van der Waals surface area contributed by atoms with Crippen molar-refractivity contribution in [1.29, 1.82) is 5.26 Å². The molecule has 0 atom stereocenters. The lowest BCUT2D eigenvalue weighted by Gasteiger charge is -2.09. The standard InChI is InChI=1S/C15H12N2/c16-10-11-5-6-13-8-7-12-3-1-2-4-14(12)17-15(13)9-11/h1-6,9,17H,7-8H2. The summed E-state index contributed by atoms with van der Waals surface area (Å²) in [5.41, 5.74) is 5.54. The van der Waals surface area contributed by atoms with Crippen molar-refractivity contribution in [2.75, 3.05) is 5.32 Å². The van der Waals surface area contributed by atoms with Crippen LogP contribution in [0, 0.1) is 11.3 Å². The van der Waals surface area contributed by atoms with E-state index in [9.17, 15) is 0 Å². The Morgan fingerprint density at radius 1 is 0.941 bits per heavy atom. The lowest BCUT2D eigenvalue weighted by molar-refractivity contribution is 0.977. The zero-order chi connectivity index (χ0) is 11.7. The number of hydrogen-bond donors (Lipinski definition) is 1. The van der Waals surface area contributed by atoms with E-state index in [1.165, 1.54) is 11.1 Å². The van der Waals surface area contributed by atoms with Crippen LogP contribution in [0.1, 0.15) is 16.7 Å². The lowest BCUT2D eigenvalue weighted by Crippen LogP contribution is -1.93. The molecule has 17 heavy (non-hydrogen) atoms. The van der Waals surface area contributed by atoms with Crippen molar-refractivity contribution in [2.45, 2.75) is 12.8 Å². The Hall–Kier alpha value is -2.27. The van der Waals surface area contributed by atoms with Crippen LogP contribution in [0.25, 0.3) is 0 Å². The van der Waals surface area contributed by atoms with E-state index in [0.29, 0.717) is 5.56 Å². The molecule has 0 saturated carbocycles. The first kappa shape index (κ1) is 9.92. The van der Waals surface area contributed by atoms with Crippen LogP contribution in [0.5, 0.6) is 0 Å². The molecular formula is C15H12N2. The molecule has 0 saturated heterocycles. The van der Waals surface area contributed by atoms with Crippen LogP contribution in [0.3, 0.4) is 0 Å². The minimum atomic E-state index is 0.704. The number of nitrogens with zero attached hydrogens (tertiary/aromatic N) is 1. The quantitative estimate of drug-likeness (QED) is 0.738. The van der Waals surface area contributed by atoms with Crippen molar-refractivity contribution in [3.8, 4) is 6.07 Å². The fourth-order valence-electron chi connectivity index (χ4n) is 2.26. The van der Waals surface area contributed by atoms with Gasteiger partial charge in [-0.1, -0.05) is 24.3 Å². The van der Waals surface area contributed by atoms with Crippen molar-refractivity contribution in [3.05, 3.63) is 59.2 Å². The van der Waals surface area contributed by atoms with E-state index in [0.717, 1.165) is 24.2 Å². The number of aryl methyl sites for hydroxylation is 2. The minimum Gasteiger partial charge on any atom is -0.355 e. The van der Waals surface area contributed by atoms with Gasteiger partial charge in [0.1, 0.15) is 0 Å². The molecule has 2 aromatic rings. The van der Waals surface area contributed by atoms with Gasteiger partial charge in [0.15, 0.2) is 0 Å². The Kier molecular flexibility index (Phi) is 2.31. The molecule has 1 heterocycles. The molecule has 0 bridgehead atoms. The first-order chi connectivity index (χ1) is 8.36. The summed E-state index contributed by atoms with van der Waals surface area (Å²) in [6.45, 7) is 0. The first-order valence-corrected chi connectivity index (χ1v) is 5.75. The highest BCUT2D eigenvalue weighted by molar-refractivity contribution is 5.69. The van der Waals surface area contributed by atoms with Gasteiger partial charge in [-0.2, -0.15) is 5.26 Å². The average Bonchev–Trinajstić information content (AvgIpc) is 2.56. The highest BCUT2D eigenvalue weighted by Gasteiger charge is 2.12. The van der Waals surface area contributed by atoms with Gasteiger partial charge in [-0.05, 0) is 42.2 Å². The maximum atomic E-state index is 8.93. The topological polar surface area (TPSA) is 35.8 Å². The second kappa shape index (κ2) is 3.95. The Balaban J connectivity index is 2.09. The number of nitrogens with one attached hydrogen (secondary N) is 1. The van der Waals surface area contributed by atoms with E-state index < -0.39 is 0 Å². The average molecular weight is 220 g/mol. The number of fused-ring (bicyclic) bond motifs is 2. The fraction of sp³-hybridized carbons (Fsp3) is 0.133. The van der Waals surface area contributed by atoms with Gasteiger partial charge >= 0.3 is 0 Å². The van der Waals surface area contributed by atoms with Gasteiger partial charge in [-0.3, -0.25) is 0 Å². The summed E-state index contributed by atoms with van der Waals surface area (Å²) in [6.07, 6.45) is 2.06. The van der Waals surface area contributed by atoms with Crippen LogP contribution in [-0.2, 0) is 12.8 Å². The van der Waals surface area contributed by atoms with Crippen LogP contribution in [-0.4, -0.2) is 0 Å². The third-order valence-corrected chi connectivity index (χ3v) is 3.19. The third kappa shape index (κ3) is 1.76. The van der Waals surface area contributed by atoms with E-state index in [1.54, 1.807) is 0 Å². The molecular weight excluding hydrogens is 208 g/mol. The number of hydrogen-bond acceptors (Lipinski definition) is 2. The molecule has 0 spiro atoms. The second-order valence-corrected chi connectivity index (χ2v) is 4.27. The molecule has 3 rings (SSSR count). The molecule has 0 aromatic heterocycles. The van der Waals surface area contributed by atoms with Crippen LogP contribution in [0.2, 0.25) is 0 Å². The minimum absolute atomic E-state index is 0.704. The van der Waals surface area contributed by atoms with Crippen molar-refractivity contribution in [2.24, 2.45) is 0 Å². The molecule has 2 aromatic carbocycles. The van der Waals surface area contributed by atoms with Gasteiger partial charge in [-0.15, -0.1) is 0 Å². The predicted molar refractivity (Wildman–Crippen MR) is 68.3 cm³/mol. The highest BCUT2D eigenvalue weighted by Crippen LogP contribution is 2.30. The normalized spacial score (nSPS) is 12.6. The SMILES string of the molecule is N#Cc1ccc2c(c1)Nc1ccccc1CC2. The summed E-state index contributed by atoms with van der Waals surface area (Å²) in [6, 6.07) is 16.4. The van der Waals surface area contributed by atoms with Crippen LogP contribution < -0.4 is 5.32 Å². The molecule has 1 aliphatic rings. The summed E-state index contributed by atoms with van der Waals surface area (Å²) in [4.78, 5) is 0. The van der Waals surface area contributed by atoms with Crippen molar-refractivity contribution < 1.29 is 0 Å². The number of anilines is 2. The molecule has 0 fully saturated rings. The van der Waals surface area contributed by atoms with Crippen LogP contribution in [0.15, 0.2) is 42.5 Å². The van der Waals surface area contributed by atoms with Gasteiger partial charge in [-0.25, -0.2) is 0 Å². The van der Waals surface area contributed by atoms with Gasteiger partial charge < -0.3 is 5.32 Å². The Morgan fingerprint density at radius 3 is 2.53 bits per heavy atom. The first-order valence-electron chi connectivity index (χ1n) is 5.75. The van der Waals surface area contributed by atoms with Gasteiger partial charge in [0, 0.05) is 11.4 Å². The summed E-state index contributed by atoms with van der Waals surface area (Å²) >= 11 is 0. The molecule has 0 aliphatic carbocycles. The van der Waals surface area contributed by atoms with Crippen molar-refractivity contribution in [1.82, 2.24) is 0 Å². The van der Waals surface area contributed by atoms with E-state index in [2.05, 4.69) is 29.6 Å². The second-order valence-electron chi connectivity index (χ2n) is 4.27. The summed E-state index contributed by atoms with van der Waals surface area (Å²) in [7, 11) is 0. The molecule has 82 valence electrons. The van der Waals surface area contributed by atoms with Crippen molar-refractivity contribution >= 4 is 11.4 Å². The summed E-state index contributed by atoms with van der Waals surface area (Å²) < 4.78 is 0. The van der Waals surface area contributed by atoms with Crippen LogP contribution in [0.4, 0.5) is 11.4 Å². The number of nitriles is 1. The molecule has 2 nitrogen and oxygen atoms in total. The van der Waals surface area contributed by atoms with Crippen molar-refractivity contribution in [3.63, 3.8) is 0 Å². The molecule has 1 N–H and O–H groups in total. The zero-order valence-electron chi connectivity index (χ0n) is 9.40. The molecule has 0 radical (unpaired) electrons. The van der Waals surface area contributed by atoms with Crippen LogP contribution >= 0.6 is 0 Å². The van der Waals surface area contributed by atoms with E-state index >= 15 is 0 Å². The van der Waals surface area contributed by atoms with E-state index in [-0.39, 0.29) is 0 Å². The monoisotopic (exact) mass is 220 g/mol. The highest BCUT2D eigenvalue weighted by atomic mass is 14.9. The fourth-order valence-corrected chi connectivity index (χ4v) is 2.26. The predicted octanol–water partition coefficient (Wildman–Crippen LogP) is 3.40.